The molecule has 6 nitrogen and oxygen atoms in total. The molecule has 2 aromatic rings. The van der Waals surface area contributed by atoms with Gasteiger partial charge in [0, 0.05) is 6.04 Å². The molecule has 0 saturated carbocycles. The lowest BCUT2D eigenvalue weighted by Gasteiger charge is -2.15. The number of nitrogens with zero attached hydrogens (tertiary/aromatic N) is 2. The summed E-state index contributed by atoms with van der Waals surface area (Å²) in [5, 5.41) is 13.5. The highest BCUT2D eigenvalue weighted by Gasteiger charge is 2.15. The van der Waals surface area contributed by atoms with E-state index in [9.17, 15) is 14.7 Å². The number of nitrogens with one attached hydrogen (secondary N) is 1. The molecule has 2 atom stereocenters. The van der Waals surface area contributed by atoms with Crippen LogP contribution in [0.15, 0.2) is 34.2 Å². The van der Waals surface area contributed by atoms with Crippen molar-refractivity contribution in [3.05, 3.63) is 34.6 Å². The predicted molar refractivity (Wildman–Crippen MR) is 96.3 cm³/mol. The summed E-state index contributed by atoms with van der Waals surface area (Å²) in [5.74, 6) is 0.0786. The fourth-order valence-corrected chi connectivity index (χ4v) is 3.05. The van der Waals surface area contributed by atoms with Crippen molar-refractivity contribution in [1.82, 2.24) is 14.9 Å². The number of thioether (sulfide) groups is 1. The molecular weight excluding hydrogens is 326 g/mol. The highest BCUT2D eigenvalue weighted by Crippen LogP contribution is 2.18. The van der Waals surface area contributed by atoms with Crippen LogP contribution in [0.1, 0.15) is 27.2 Å². The summed E-state index contributed by atoms with van der Waals surface area (Å²) in [5.41, 5.74) is 0.389. The highest BCUT2D eigenvalue weighted by molar-refractivity contribution is 7.99. The van der Waals surface area contributed by atoms with Crippen LogP contribution in [0.5, 0.6) is 0 Å². The summed E-state index contributed by atoms with van der Waals surface area (Å²) in [6, 6.07) is 7.20. The van der Waals surface area contributed by atoms with E-state index in [-0.39, 0.29) is 29.8 Å². The molecule has 7 heteroatoms. The van der Waals surface area contributed by atoms with Crippen molar-refractivity contribution in [3.8, 4) is 0 Å². The number of benzene rings is 1. The first kappa shape index (κ1) is 18.5. The lowest BCUT2D eigenvalue weighted by Crippen LogP contribution is -2.33. The van der Waals surface area contributed by atoms with Gasteiger partial charge in [0.05, 0.1) is 29.3 Å². The molecule has 0 aliphatic carbocycles. The second-order valence-electron chi connectivity index (χ2n) is 5.84. The predicted octanol–water partition coefficient (Wildman–Crippen LogP) is 1.78. The van der Waals surface area contributed by atoms with E-state index >= 15 is 0 Å². The molecule has 1 aromatic carbocycles. The van der Waals surface area contributed by atoms with Gasteiger partial charge < -0.3 is 10.4 Å². The van der Waals surface area contributed by atoms with E-state index in [0.717, 1.165) is 6.42 Å². The first-order chi connectivity index (χ1) is 11.4. The number of hydrogen-bond acceptors (Lipinski definition) is 5. The number of hydrogen-bond donors (Lipinski definition) is 2. The molecule has 0 unspecified atom stereocenters. The third kappa shape index (κ3) is 4.58. The van der Waals surface area contributed by atoms with Gasteiger partial charge in [-0.2, -0.15) is 0 Å². The van der Waals surface area contributed by atoms with Gasteiger partial charge in [-0.1, -0.05) is 30.8 Å². The molecular formula is C17H23N3O3S. The van der Waals surface area contributed by atoms with Crippen LogP contribution in [0.3, 0.4) is 0 Å². The second kappa shape index (κ2) is 8.30. The number of amides is 1. The van der Waals surface area contributed by atoms with Crippen molar-refractivity contribution in [1.29, 1.82) is 0 Å². The average Bonchev–Trinajstić information content (AvgIpc) is 2.55. The standard InChI is InChI=1S/C17H23N3O3S/c1-4-11(2)18-15(22)10-24-17-19-14-8-6-5-7-13(14)16(23)20(17)9-12(3)21/h5-8,11-12,21H,4,9-10H2,1-3H3,(H,18,22)/t11-,12-/m1/s1. The van der Waals surface area contributed by atoms with Crippen LogP contribution in [-0.2, 0) is 11.3 Å². The van der Waals surface area contributed by atoms with Gasteiger partial charge in [0.15, 0.2) is 5.16 Å². The normalized spacial score (nSPS) is 13.7. The zero-order chi connectivity index (χ0) is 17.7. The SMILES string of the molecule is CC[C@@H](C)NC(=O)CSc1nc2ccccc2c(=O)n1C[C@@H](C)O. The van der Waals surface area contributed by atoms with Crippen molar-refractivity contribution in [2.24, 2.45) is 0 Å². The monoisotopic (exact) mass is 349 g/mol. The van der Waals surface area contributed by atoms with Gasteiger partial charge in [0.25, 0.3) is 5.56 Å². The number of fused-ring (bicyclic) bond motifs is 1. The highest BCUT2D eigenvalue weighted by atomic mass is 32.2. The Morgan fingerprint density at radius 1 is 1.38 bits per heavy atom. The molecule has 0 radical (unpaired) electrons. The third-order valence-electron chi connectivity index (χ3n) is 3.63. The van der Waals surface area contributed by atoms with Gasteiger partial charge in [0.2, 0.25) is 5.91 Å². The maximum atomic E-state index is 12.7. The minimum Gasteiger partial charge on any atom is -0.392 e. The van der Waals surface area contributed by atoms with Crippen LogP contribution in [0.4, 0.5) is 0 Å². The van der Waals surface area contributed by atoms with Gasteiger partial charge >= 0.3 is 0 Å². The molecule has 0 aliphatic rings. The Kier molecular flexibility index (Phi) is 6.39. The van der Waals surface area contributed by atoms with E-state index < -0.39 is 6.10 Å². The first-order valence-corrected chi connectivity index (χ1v) is 9.00. The quantitative estimate of drug-likeness (QED) is 0.588. The Morgan fingerprint density at radius 3 is 2.75 bits per heavy atom. The molecule has 0 spiro atoms. The average molecular weight is 349 g/mol. The zero-order valence-corrected chi connectivity index (χ0v) is 15.0. The lowest BCUT2D eigenvalue weighted by atomic mass is 10.2. The third-order valence-corrected chi connectivity index (χ3v) is 4.60. The summed E-state index contributed by atoms with van der Waals surface area (Å²) in [6.45, 7) is 5.71. The molecule has 1 aromatic heterocycles. The summed E-state index contributed by atoms with van der Waals surface area (Å²) < 4.78 is 1.44. The number of rotatable bonds is 7. The fraction of sp³-hybridized carbons (Fsp3) is 0.471. The van der Waals surface area contributed by atoms with Crippen LogP contribution >= 0.6 is 11.8 Å². The summed E-state index contributed by atoms with van der Waals surface area (Å²) in [6.07, 6.45) is 0.177. The molecule has 0 fully saturated rings. The van der Waals surface area contributed by atoms with Crippen molar-refractivity contribution >= 4 is 28.6 Å². The van der Waals surface area contributed by atoms with Gasteiger partial charge in [-0.3, -0.25) is 14.2 Å². The minimum atomic E-state index is -0.682. The summed E-state index contributed by atoms with van der Waals surface area (Å²) >= 11 is 1.21. The number of aliphatic hydroxyl groups is 1. The number of aromatic nitrogens is 2. The zero-order valence-electron chi connectivity index (χ0n) is 14.2. The van der Waals surface area contributed by atoms with Gasteiger partial charge in [-0.15, -0.1) is 0 Å². The molecule has 0 saturated heterocycles. The van der Waals surface area contributed by atoms with E-state index in [4.69, 9.17) is 0 Å². The number of para-hydroxylation sites is 1. The Balaban J connectivity index is 2.30. The second-order valence-corrected chi connectivity index (χ2v) is 6.78. The van der Waals surface area contributed by atoms with Gasteiger partial charge in [-0.05, 0) is 32.4 Å². The van der Waals surface area contributed by atoms with E-state index in [1.54, 1.807) is 25.1 Å². The van der Waals surface area contributed by atoms with Crippen molar-refractivity contribution in [2.45, 2.75) is 51.0 Å². The summed E-state index contributed by atoms with van der Waals surface area (Å²) in [7, 11) is 0. The first-order valence-electron chi connectivity index (χ1n) is 8.02. The van der Waals surface area contributed by atoms with E-state index in [1.807, 2.05) is 19.9 Å². The van der Waals surface area contributed by atoms with Gasteiger partial charge in [-0.25, -0.2) is 4.98 Å². The smallest absolute Gasteiger partial charge is 0.262 e. The Labute approximate surface area is 145 Å². The molecule has 2 rings (SSSR count). The molecule has 1 heterocycles. The van der Waals surface area contributed by atoms with Crippen LogP contribution < -0.4 is 10.9 Å². The topological polar surface area (TPSA) is 84.2 Å². The number of carbonyl (C=O) groups excluding carboxylic acids is 1. The molecule has 130 valence electrons. The fourth-order valence-electron chi connectivity index (χ4n) is 2.23. The maximum Gasteiger partial charge on any atom is 0.262 e. The van der Waals surface area contributed by atoms with Gasteiger partial charge in [0.1, 0.15) is 0 Å². The van der Waals surface area contributed by atoms with E-state index in [2.05, 4.69) is 10.3 Å². The van der Waals surface area contributed by atoms with Crippen molar-refractivity contribution < 1.29 is 9.90 Å². The van der Waals surface area contributed by atoms with Crippen molar-refractivity contribution in [3.63, 3.8) is 0 Å². The number of carbonyl (C=O) groups is 1. The lowest BCUT2D eigenvalue weighted by molar-refractivity contribution is -0.119. The molecule has 24 heavy (non-hydrogen) atoms. The van der Waals surface area contributed by atoms with E-state index in [0.29, 0.717) is 16.1 Å². The van der Waals surface area contributed by atoms with Crippen LogP contribution in [0.2, 0.25) is 0 Å². The summed E-state index contributed by atoms with van der Waals surface area (Å²) in [4.78, 5) is 29.1. The Morgan fingerprint density at radius 2 is 2.08 bits per heavy atom. The Hall–Kier alpha value is -1.86. The molecule has 1 amide bonds. The minimum absolute atomic E-state index is 0.0969. The largest absolute Gasteiger partial charge is 0.392 e. The van der Waals surface area contributed by atoms with E-state index in [1.165, 1.54) is 16.3 Å². The number of aliphatic hydroxyl groups excluding tert-OH is 1. The molecule has 2 N–H and O–H groups in total. The van der Waals surface area contributed by atoms with Crippen LogP contribution in [-0.4, -0.2) is 38.5 Å². The molecule has 0 aliphatic heterocycles. The Bertz CT molecular complexity index is 773. The maximum absolute atomic E-state index is 12.7. The van der Waals surface area contributed by atoms with Crippen LogP contribution in [0, 0.1) is 0 Å². The van der Waals surface area contributed by atoms with Crippen molar-refractivity contribution in [2.75, 3.05) is 5.75 Å². The van der Waals surface area contributed by atoms with Crippen LogP contribution in [0.25, 0.3) is 10.9 Å². The molecule has 0 bridgehead atoms.